The molecule has 7 heteroatoms. The fourth-order valence-corrected chi connectivity index (χ4v) is 3.32. The number of esters is 2. The summed E-state index contributed by atoms with van der Waals surface area (Å²) in [6, 6.07) is 14.1. The molecule has 0 radical (unpaired) electrons. The quantitative estimate of drug-likeness (QED) is 0.658. The van der Waals surface area contributed by atoms with E-state index < -0.39 is 29.6 Å². The minimum Gasteiger partial charge on any atom is -0.463 e. The van der Waals surface area contributed by atoms with E-state index >= 15 is 0 Å². The SMILES string of the molecule is CCOC(=O)C1=CN(C(=O)c2cccc(F)c2)C=C(C(=O)OCC)C1c1ccccc1. The Bertz CT molecular complexity index is 1010. The fraction of sp³-hybridized carbons (Fsp3) is 0.208. The van der Waals surface area contributed by atoms with Crippen LogP contribution in [0.3, 0.4) is 0 Å². The summed E-state index contributed by atoms with van der Waals surface area (Å²) < 4.78 is 24.0. The van der Waals surface area contributed by atoms with Crippen LogP contribution in [0.25, 0.3) is 0 Å². The van der Waals surface area contributed by atoms with Crippen LogP contribution in [-0.2, 0) is 19.1 Å². The zero-order valence-electron chi connectivity index (χ0n) is 17.2. The number of hydrogen-bond donors (Lipinski definition) is 0. The Kier molecular flexibility index (Phi) is 6.97. The van der Waals surface area contributed by atoms with Gasteiger partial charge in [-0.25, -0.2) is 14.0 Å². The molecule has 1 heterocycles. The second-order valence-electron chi connectivity index (χ2n) is 6.68. The van der Waals surface area contributed by atoms with E-state index in [1.165, 1.54) is 30.6 Å². The van der Waals surface area contributed by atoms with Gasteiger partial charge in [0.25, 0.3) is 5.91 Å². The predicted molar refractivity (Wildman–Crippen MR) is 111 cm³/mol. The largest absolute Gasteiger partial charge is 0.463 e. The van der Waals surface area contributed by atoms with Crippen LogP contribution in [0, 0.1) is 5.82 Å². The Hall–Kier alpha value is -3.74. The van der Waals surface area contributed by atoms with Crippen molar-refractivity contribution in [3.05, 3.63) is 95.1 Å². The molecule has 31 heavy (non-hydrogen) atoms. The molecule has 0 atom stereocenters. The van der Waals surface area contributed by atoms with E-state index in [-0.39, 0.29) is 29.9 Å². The molecular weight excluding hydrogens is 401 g/mol. The van der Waals surface area contributed by atoms with Crippen LogP contribution >= 0.6 is 0 Å². The molecule has 1 amide bonds. The average Bonchev–Trinajstić information content (AvgIpc) is 2.78. The van der Waals surface area contributed by atoms with Crippen LogP contribution in [0.1, 0.15) is 35.7 Å². The maximum Gasteiger partial charge on any atom is 0.336 e. The molecule has 0 saturated carbocycles. The molecule has 6 nitrogen and oxygen atoms in total. The Morgan fingerprint density at radius 3 is 1.97 bits per heavy atom. The highest BCUT2D eigenvalue weighted by Crippen LogP contribution is 2.37. The van der Waals surface area contributed by atoms with Gasteiger partial charge >= 0.3 is 11.9 Å². The Labute approximate surface area is 179 Å². The number of halogens is 1. The van der Waals surface area contributed by atoms with Crippen molar-refractivity contribution in [1.82, 2.24) is 4.90 Å². The van der Waals surface area contributed by atoms with Crippen LogP contribution in [-0.4, -0.2) is 36.0 Å². The molecule has 0 aliphatic carbocycles. The first-order valence-corrected chi connectivity index (χ1v) is 9.87. The van der Waals surface area contributed by atoms with Crippen molar-refractivity contribution in [3.8, 4) is 0 Å². The zero-order chi connectivity index (χ0) is 22.4. The highest BCUT2D eigenvalue weighted by atomic mass is 19.1. The molecule has 3 rings (SSSR count). The van der Waals surface area contributed by atoms with Crippen LogP contribution in [0.4, 0.5) is 4.39 Å². The highest BCUT2D eigenvalue weighted by molar-refractivity contribution is 6.02. The summed E-state index contributed by atoms with van der Waals surface area (Å²) in [7, 11) is 0. The molecule has 0 saturated heterocycles. The smallest absolute Gasteiger partial charge is 0.336 e. The third-order valence-electron chi connectivity index (χ3n) is 4.64. The van der Waals surface area contributed by atoms with Gasteiger partial charge in [0.15, 0.2) is 0 Å². The van der Waals surface area contributed by atoms with E-state index in [4.69, 9.17) is 9.47 Å². The average molecular weight is 423 g/mol. The van der Waals surface area contributed by atoms with E-state index in [0.29, 0.717) is 5.56 Å². The van der Waals surface area contributed by atoms with Gasteiger partial charge in [-0.05, 0) is 37.6 Å². The monoisotopic (exact) mass is 423 g/mol. The first-order chi connectivity index (χ1) is 15.0. The molecule has 0 aromatic heterocycles. The summed E-state index contributed by atoms with van der Waals surface area (Å²) in [6.45, 7) is 3.56. The lowest BCUT2D eigenvalue weighted by atomic mass is 9.83. The Morgan fingerprint density at radius 1 is 0.871 bits per heavy atom. The number of carbonyl (C=O) groups is 3. The number of ether oxygens (including phenoxy) is 2. The maximum absolute atomic E-state index is 13.6. The van der Waals surface area contributed by atoms with E-state index in [9.17, 15) is 18.8 Å². The molecule has 1 aliphatic heterocycles. The molecule has 0 unspecified atom stereocenters. The number of benzene rings is 2. The van der Waals surface area contributed by atoms with Gasteiger partial charge in [-0.2, -0.15) is 0 Å². The Balaban J connectivity index is 2.13. The van der Waals surface area contributed by atoms with Crippen LogP contribution in [0.15, 0.2) is 78.1 Å². The summed E-state index contributed by atoms with van der Waals surface area (Å²) in [6.07, 6.45) is 2.65. The second-order valence-corrected chi connectivity index (χ2v) is 6.68. The van der Waals surface area contributed by atoms with Crippen molar-refractivity contribution in [3.63, 3.8) is 0 Å². The van der Waals surface area contributed by atoms with Gasteiger partial charge in [0.1, 0.15) is 5.82 Å². The predicted octanol–water partition coefficient (Wildman–Crippen LogP) is 3.96. The van der Waals surface area contributed by atoms with Gasteiger partial charge < -0.3 is 9.47 Å². The number of rotatable bonds is 6. The van der Waals surface area contributed by atoms with Gasteiger partial charge in [0, 0.05) is 18.0 Å². The van der Waals surface area contributed by atoms with Crippen molar-refractivity contribution >= 4 is 17.8 Å². The minimum absolute atomic E-state index is 0.0667. The lowest BCUT2D eigenvalue weighted by Gasteiger charge is -2.29. The number of amides is 1. The van der Waals surface area contributed by atoms with Gasteiger partial charge in [0.05, 0.1) is 30.3 Å². The third kappa shape index (κ3) is 4.88. The van der Waals surface area contributed by atoms with E-state index in [0.717, 1.165) is 11.0 Å². The molecular formula is C24H22FNO5. The molecule has 2 aromatic carbocycles. The molecule has 2 aromatic rings. The highest BCUT2D eigenvalue weighted by Gasteiger charge is 2.36. The molecule has 0 bridgehead atoms. The number of carbonyl (C=O) groups excluding carboxylic acids is 3. The van der Waals surface area contributed by atoms with E-state index in [1.54, 1.807) is 38.1 Å². The minimum atomic E-state index is -0.782. The summed E-state index contributed by atoms with van der Waals surface area (Å²) in [5, 5.41) is 0. The Morgan fingerprint density at radius 2 is 1.45 bits per heavy atom. The summed E-state index contributed by atoms with van der Waals surface area (Å²) in [5.41, 5.74) is 0.933. The molecule has 0 fully saturated rings. The van der Waals surface area contributed by atoms with Crippen molar-refractivity contribution in [1.29, 1.82) is 0 Å². The summed E-state index contributed by atoms with van der Waals surface area (Å²) >= 11 is 0. The van der Waals surface area contributed by atoms with Gasteiger partial charge in [0.2, 0.25) is 0 Å². The first-order valence-electron chi connectivity index (χ1n) is 9.87. The summed E-state index contributed by atoms with van der Waals surface area (Å²) in [5.74, 6) is -3.29. The molecule has 1 aliphatic rings. The molecule has 0 spiro atoms. The van der Waals surface area contributed by atoms with Crippen molar-refractivity contribution in [2.24, 2.45) is 0 Å². The maximum atomic E-state index is 13.6. The van der Waals surface area contributed by atoms with Crippen LogP contribution < -0.4 is 0 Å². The fourth-order valence-electron chi connectivity index (χ4n) is 3.32. The second kappa shape index (κ2) is 9.84. The van der Waals surface area contributed by atoms with Crippen molar-refractivity contribution < 1.29 is 28.2 Å². The topological polar surface area (TPSA) is 72.9 Å². The lowest BCUT2D eigenvalue weighted by Crippen LogP contribution is -2.32. The zero-order valence-corrected chi connectivity index (χ0v) is 17.2. The van der Waals surface area contributed by atoms with Gasteiger partial charge in [-0.3, -0.25) is 9.69 Å². The third-order valence-corrected chi connectivity index (χ3v) is 4.64. The number of hydrogen-bond acceptors (Lipinski definition) is 5. The van der Waals surface area contributed by atoms with E-state index in [2.05, 4.69) is 0 Å². The standard InChI is InChI=1S/C24H22FNO5/c1-3-30-23(28)19-14-26(22(27)17-11-8-12-18(25)13-17)15-20(24(29)31-4-2)21(19)16-9-6-5-7-10-16/h5-15,21H,3-4H2,1-2H3. The summed E-state index contributed by atoms with van der Waals surface area (Å²) in [4.78, 5) is 39.7. The number of nitrogens with zero attached hydrogens (tertiary/aromatic N) is 1. The van der Waals surface area contributed by atoms with E-state index in [1.807, 2.05) is 6.07 Å². The van der Waals surface area contributed by atoms with Crippen LogP contribution in [0.2, 0.25) is 0 Å². The van der Waals surface area contributed by atoms with Gasteiger partial charge in [-0.1, -0.05) is 36.4 Å². The van der Waals surface area contributed by atoms with Crippen LogP contribution in [0.5, 0.6) is 0 Å². The molecule has 0 N–H and O–H groups in total. The lowest BCUT2D eigenvalue weighted by molar-refractivity contribution is -0.139. The van der Waals surface area contributed by atoms with Gasteiger partial charge in [-0.15, -0.1) is 0 Å². The first kappa shape index (κ1) is 22.0. The van der Waals surface area contributed by atoms with Crippen molar-refractivity contribution in [2.75, 3.05) is 13.2 Å². The normalized spacial score (nSPS) is 13.8. The molecule has 160 valence electrons. The van der Waals surface area contributed by atoms with Crippen molar-refractivity contribution in [2.45, 2.75) is 19.8 Å².